The van der Waals surface area contributed by atoms with E-state index in [1.165, 1.54) is 6.92 Å². The fourth-order valence-electron chi connectivity index (χ4n) is 3.50. The Hall–Kier alpha value is -2.42. The topological polar surface area (TPSA) is 63.6 Å². The highest BCUT2D eigenvalue weighted by molar-refractivity contribution is 5.72. The van der Waals surface area contributed by atoms with Crippen molar-refractivity contribution in [3.8, 4) is 0 Å². The molecule has 0 saturated heterocycles. The van der Waals surface area contributed by atoms with E-state index in [9.17, 15) is 14.7 Å². The molecule has 0 aromatic carbocycles. The van der Waals surface area contributed by atoms with Crippen molar-refractivity contribution in [2.45, 2.75) is 66.1 Å². The molecule has 1 aliphatic rings. The van der Waals surface area contributed by atoms with Crippen LogP contribution in [-0.2, 0) is 14.3 Å². The smallest absolute Gasteiger partial charge is 0.302 e. The number of aliphatic hydroxyl groups is 1. The van der Waals surface area contributed by atoms with Gasteiger partial charge in [0.2, 0.25) is 0 Å². The van der Waals surface area contributed by atoms with E-state index in [0.717, 1.165) is 17.4 Å². The summed E-state index contributed by atoms with van der Waals surface area (Å²) < 4.78 is 5.34. The Bertz CT molecular complexity index is 746. The summed E-state index contributed by atoms with van der Waals surface area (Å²) in [4.78, 5) is 21.8. The molecule has 0 aromatic rings. The number of carbonyl (C=O) groups excluding carboxylic acids is 2. The van der Waals surface area contributed by atoms with Crippen molar-refractivity contribution in [2.75, 3.05) is 0 Å². The molecule has 2 atom stereocenters. The Labute approximate surface area is 168 Å². The van der Waals surface area contributed by atoms with E-state index in [-0.39, 0.29) is 17.5 Å². The second kappa shape index (κ2) is 10.2. The summed E-state index contributed by atoms with van der Waals surface area (Å²) in [5.41, 5.74) is 4.34. The van der Waals surface area contributed by atoms with Crippen LogP contribution in [0, 0.1) is 5.41 Å². The van der Waals surface area contributed by atoms with Crippen molar-refractivity contribution < 1.29 is 19.4 Å². The number of aldehydes is 1. The van der Waals surface area contributed by atoms with E-state index in [0.29, 0.717) is 18.4 Å². The van der Waals surface area contributed by atoms with E-state index in [1.54, 1.807) is 19.9 Å². The van der Waals surface area contributed by atoms with Crippen LogP contribution in [0.25, 0.3) is 0 Å². The molecule has 1 rings (SSSR count). The van der Waals surface area contributed by atoms with E-state index in [2.05, 4.69) is 5.73 Å². The maximum atomic E-state index is 11.3. The van der Waals surface area contributed by atoms with Gasteiger partial charge in [-0.3, -0.25) is 9.59 Å². The van der Waals surface area contributed by atoms with Gasteiger partial charge in [-0.2, -0.15) is 0 Å². The van der Waals surface area contributed by atoms with Crippen LogP contribution < -0.4 is 0 Å². The van der Waals surface area contributed by atoms with Gasteiger partial charge < -0.3 is 9.84 Å². The highest BCUT2D eigenvalue weighted by Crippen LogP contribution is 2.46. The zero-order chi connectivity index (χ0) is 21.4. The summed E-state index contributed by atoms with van der Waals surface area (Å²) in [5.74, 6) is -0.323. The van der Waals surface area contributed by atoms with Crippen LogP contribution >= 0.6 is 0 Å². The van der Waals surface area contributed by atoms with Gasteiger partial charge in [0.15, 0.2) is 0 Å². The molecule has 0 heterocycles. The van der Waals surface area contributed by atoms with Gasteiger partial charge in [-0.15, -0.1) is 5.73 Å². The number of rotatable bonds is 6. The van der Waals surface area contributed by atoms with Gasteiger partial charge in [-0.1, -0.05) is 50.3 Å². The third kappa shape index (κ3) is 7.67. The van der Waals surface area contributed by atoms with Crippen molar-refractivity contribution in [2.24, 2.45) is 5.41 Å². The Balaban J connectivity index is 2.95. The standard InChI is InChI=1S/C24H32O4/c1-18(11-9-7-8-10-12-19(2)17-25)13-14-22-23(4,5)15-21(28-20(3)26)16-24(22,6)27/h7-13,17,21,27H,15-16H2,1-6H3/b9-7+,10-8+,18-11+,19-12+/t14?,21-,24+/m0/s1. The summed E-state index contributed by atoms with van der Waals surface area (Å²) in [6, 6.07) is 0. The van der Waals surface area contributed by atoms with Gasteiger partial charge in [0.25, 0.3) is 0 Å². The summed E-state index contributed by atoms with van der Waals surface area (Å²) in [6.45, 7) is 10.9. The van der Waals surface area contributed by atoms with Crippen molar-refractivity contribution in [3.05, 3.63) is 65.0 Å². The van der Waals surface area contributed by atoms with Gasteiger partial charge in [-0.05, 0) is 49.8 Å². The Morgan fingerprint density at radius 2 is 1.61 bits per heavy atom. The van der Waals surface area contributed by atoms with Crippen molar-refractivity contribution in [1.82, 2.24) is 0 Å². The SMILES string of the molecule is CC(=O)O[C@H]1CC(C)(C)C(=C=C/C(C)=C/C=C/C=C/C=C(\C)C=O)[C@](C)(O)C1. The highest BCUT2D eigenvalue weighted by atomic mass is 16.5. The minimum Gasteiger partial charge on any atom is -0.462 e. The molecular weight excluding hydrogens is 352 g/mol. The lowest BCUT2D eigenvalue weighted by atomic mass is 9.65. The molecule has 1 saturated carbocycles. The summed E-state index contributed by atoms with van der Waals surface area (Å²) in [7, 11) is 0. The molecule has 0 bridgehead atoms. The third-order valence-corrected chi connectivity index (χ3v) is 4.59. The first-order valence-corrected chi connectivity index (χ1v) is 9.49. The second-order valence-corrected chi connectivity index (χ2v) is 8.17. The Morgan fingerprint density at radius 1 is 1.04 bits per heavy atom. The summed E-state index contributed by atoms with van der Waals surface area (Å²) in [6.07, 6.45) is 14.5. The number of hydrogen-bond acceptors (Lipinski definition) is 4. The number of carbonyl (C=O) groups is 2. The molecule has 4 heteroatoms. The van der Waals surface area contributed by atoms with Crippen molar-refractivity contribution in [3.63, 3.8) is 0 Å². The summed E-state index contributed by atoms with van der Waals surface area (Å²) >= 11 is 0. The molecule has 0 radical (unpaired) electrons. The quantitative estimate of drug-likeness (QED) is 0.235. The Kier molecular flexibility index (Phi) is 8.62. The fourth-order valence-corrected chi connectivity index (χ4v) is 3.50. The predicted octanol–water partition coefficient (Wildman–Crippen LogP) is 4.77. The molecule has 4 nitrogen and oxygen atoms in total. The van der Waals surface area contributed by atoms with Crippen LogP contribution in [0.3, 0.4) is 0 Å². The average Bonchev–Trinajstić information content (AvgIpc) is 2.54. The minimum atomic E-state index is -1.08. The monoisotopic (exact) mass is 384 g/mol. The largest absolute Gasteiger partial charge is 0.462 e. The minimum absolute atomic E-state index is 0.295. The molecule has 1 fully saturated rings. The second-order valence-electron chi connectivity index (χ2n) is 8.17. The number of hydrogen-bond donors (Lipinski definition) is 1. The lowest BCUT2D eigenvalue weighted by Gasteiger charge is -2.44. The Morgan fingerprint density at radius 3 is 2.11 bits per heavy atom. The van der Waals surface area contributed by atoms with Crippen LogP contribution in [0.4, 0.5) is 0 Å². The normalized spacial score (nSPS) is 25.7. The molecule has 0 aliphatic heterocycles. The zero-order valence-corrected chi connectivity index (χ0v) is 17.8. The van der Waals surface area contributed by atoms with Gasteiger partial charge >= 0.3 is 5.97 Å². The molecule has 0 aromatic heterocycles. The number of esters is 1. The first kappa shape index (κ1) is 23.6. The molecule has 1 N–H and O–H groups in total. The van der Waals surface area contributed by atoms with E-state index in [1.807, 2.05) is 57.2 Å². The molecular formula is C24H32O4. The first-order chi connectivity index (χ1) is 13.0. The third-order valence-electron chi connectivity index (χ3n) is 4.59. The molecule has 0 amide bonds. The molecule has 1 aliphatic carbocycles. The average molecular weight is 385 g/mol. The van der Waals surface area contributed by atoms with Gasteiger partial charge in [0.05, 0.1) is 5.60 Å². The maximum absolute atomic E-state index is 11.3. The van der Waals surface area contributed by atoms with Crippen molar-refractivity contribution >= 4 is 12.3 Å². The predicted molar refractivity (Wildman–Crippen MR) is 113 cm³/mol. The highest BCUT2D eigenvalue weighted by Gasteiger charge is 2.46. The lowest BCUT2D eigenvalue weighted by molar-refractivity contribution is -0.152. The van der Waals surface area contributed by atoms with Crippen LogP contribution in [0.15, 0.2) is 65.0 Å². The van der Waals surface area contributed by atoms with Crippen LogP contribution in [-0.4, -0.2) is 29.1 Å². The molecule has 28 heavy (non-hydrogen) atoms. The van der Waals surface area contributed by atoms with Crippen LogP contribution in [0.2, 0.25) is 0 Å². The van der Waals surface area contributed by atoms with Gasteiger partial charge in [0.1, 0.15) is 12.4 Å². The van der Waals surface area contributed by atoms with Crippen LogP contribution in [0.5, 0.6) is 0 Å². The lowest BCUT2D eigenvalue weighted by Crippen LogP contribution is -2.46. The van der Waals surface area contributed by atoms with E-state index >= 15 is 0 Å². The first-order valence-electron chi connectivity index (χ1n) is 9.49. The zero-order valence-electron chi connectivity index (χ0n) is 17.8. The van der Waals surface area contributed by atoms with Gasteiger partial charge in [-0.25, -0.2) is 0 Å². The number of allylic oxidation sites excluding steroid dienone is 8. The fraction of sp³-hybridized carbons (Fsp3) is 0.458. The molecule has 0 unspecified atom stereocenters. The van der Waals surface area contributed by atoms with Crippen molar-refractivity contribution in [1.29, 1.82) is 0 Å². The maximum Gasteiger partial charge on any atom is 0.302 e. The van der Waals surface area contributed by atoms with Gasteiger partial charge in [0, 0.05) is 18.9 Å². The number of ether oxygens (including phenoxy) is 1. The summed E-state index contributed by atoms with van der Waals surface area (Å²) in [5, 5.41) is 10.9. The van der Waals surface area contributed by atoms with Crippen LogP contribution in [0.1, 0.15) is 54.4 Å². The molecule has 0 spiro atoms. The molecule has 152 valence electrons. The van der Waals surface area contributed by atoms with E-state index < -0.39 is 5.60 Å². The van der Waals surface area contributed by atoms with E-state index in [4.69, 9.17) is 4.74 Å².